The van der Waals surface area contributed by atoms with Crippen LogP contribution in [-0.2, 0) is 11.2 Å². The first kappa shape index (κ1) is 17.0. The number of carbonyl (C=O) groups excluding carboxylic acids is 2. The molecule has 3 amide bonds. The minimum Gasteiger partial charge on any atom is -0.339 e. The lowest BCUT2D eigenvalue weighted by Crippen LogP contribution is -2.52. The molecule has 6 heteroatoms. The van der Waals surface area contributed by atoms with E-state index in [1.54, 1.807) is 29.4 Å². The van der Waals surface area contributed by atoms with E-state index in [-0.39, 0.29) is 11.9 Å². The van der Waals surface area contributed by atoms with Gasteiger partial charge < -0.3 is 15.1 Å². The molecule has 1 aromatic heterocycles. The fraction of sp³-hybridized carbons (Fsp3) is 0.316. The molecule has 0 atom stereocenters. The van der Waals surface area contributed by atoms with Gasteiger partial charge in [-0.15, -0.1) is 0 Å². The van der Waals surface area contributed by atoms with Crippen molar-refractivity contribution in [3.05, 3.63) is 59.9 Å². The monoisotopic (exact) mass is 338 g/mol. The zero-order valence-corrected chi connectivity index (χ0v) is 14.3. The highest BCUT2D eigenvalue weighted by molar-refractivity contribution is 5.89. The van der Waals surface area contributed by atoms with Gasteiger partial charge in [-0.25, -0.2) is 4.79 Å². The standard InChI is InChI=1S/C19H22N4O2/c1-15-4-6-16(7-5-15)13-18(24)22-9-11-23(12-10-22)19(25)21-17-3-2-8-20-14-17/h2-8,14H,9-13H2,1H3,(H,21,25). The minimum atomic E-state index is -0.154. The molecule has 0 saturated carbocycles. The van der Waals surface area contributed by atoms with Crippen LogP contribution in [0.3, 0.4) is 0 Å². The lowest BCUT2D eigenvalue weighted by atomic mass is 10.1. The summed E-state index contributed by atoms with van der Waals surface area (Å²) in [5, 5.41) is 2.82. The molecule has 130 valence electrons. The van der Waals surface area contributed by atoms with Crippen LogP contribution in [0, 0.1) is 6.92 Å². The third-order valence-electron chi connectivity index (χ3n) is 4.31. The first-order valence-electron chi connectivity index (χ1n) is 8.41. The van der Waals surface area contributed by atoms with Gasteiger partial charge in [0.05, 0.1) is 18.3 Å². The maximum Gasteiger partial charge on any atom is 0.322 e. The van der Waals surface area contributed by atoms with Crippen LogP contribution in [0.25, 0.3) is 0 Å². The third kappa shape index (κ3) is 4.56. The second-order valence-electron chi connectivity index (χ2n) is 6.20. The molecule has 1 N–H and O–H groups in total. The summed E-state index contributed by atoms with van der Waals surface area (Å²) < 4.78 is 0. The van der Waals surface area contributed by atoms with Gasteiger partial charge in [-0.3, -0.25) is 9.78 Å². The summed E-state index contributed by atoms with van der Waals surface area (Å²) in [6.07, 6.45) is 3.68. The summed E-state index contributed by atoms with van der Waals surface area (Å²) in [5.74, 6) is 0.108. The van der Waals surface area contributed by atoms with Gasteiger partial charge in [0.25, 0.3) is 0 Å². The number of pyridine rings is 1. The van der Waals surface area contributed by atoms with Gasteiger partial charge in [-0.1, -0.05) is 29.8 Å². The second kappa shape index (κ2) is 7.79. The van der Waals surface area contributed by atoms with E-state index in [9.17, 15) is 9.59 Å². The number of urea groups is 1. The van der Waals surface area contributed by atoms with Crippen molar-refractivity contribution in [1.82, 2.24) is 14.8 Å². The summed E-state index contributed by atoms with van der Waals surface area (Å²) in [6, 6.07) is 11.4. The van der Waals surface area contributed by atoms with E-state index in [1.807, 2.05) is 36.1 Å². The predicted octanol–water partition coefficient (Wildman–Crippen LogP) is 2.31. The highest BCUT2D eigenvalue weighted by Crippen LogP contribution is 2.10. The van der Waals surface area contributed by atoms with Crippen LogP contribution in [0.4, 0.5) is 10.5 Å². The van der Waals surface area contributed by atoms with Crippen LogP contribution in [0.1, 0.15) is 11.1 Å². The molecule has 2 heterocycles. The molecule has 1 aromatic carbocycles. The molecule has 1 aliphatic heterocycles. The number of hydrogen-bond donors (Lipinski definition) is 1. The van der Waals surface area contributed by atoms with E-state index >= 15 is 0 Å². The number of rotatable bonds is 3. The Morgan fingerprint density at radius 3 is 2.36 bits per heavy atom. The van der Waals surface area contributed by atoms with Crippen molar-refractivity contribution < 1.29 is 9.59 Å². The number of piperazine rings is 1. The summed E-state index contributed by atoms with van der Waals surface area (Å²) in [4.78, 5) is 32.2. The third-order valence-corrected chi connectivity index (χ3v) is 4.31. The lowest BCUT2D eigenvalue weighted by molar-refractivity contribution is -0.131. The number of hydrogen-bond acceptors (Lipinski definition) is 3. The quantitative estimate of drug-likeness (QED) is 0.934. The van der Waals surface area contributed by atoms with Crippen molar-refractivity contribution in [3.8, 4) is 0 Å². The molecular formula is C19H22N4O2. The molecule has 25 heavy (non-hydrogen) atoms. The number of carbonyl (C=O) groups is 2. The number of nitrogens with zero attached hydrogens (tertiary/aromatic N) is 3. The van der Waals surface area contributed by atoms with Gasteiger partial charge in [-0.05, 0) is 24.6 Å². The summed E-state index contributed by atoms with van der Waals surface area (Å²) in [7, 11) is 0. The Morgan fingerprint density at radius 1 is 1.04 bits per heavy atom. The van der Waals surface area contributed by atoms with E-state index in [4.69, 9.17) is 0 Å². The van der Waals surface area contributed by atoms with E-state index in [0.29, 0.717) is 38.3 Å². The van der Waals surface area contributed by atoms with Crippen molar-refractivity contribution in [2.24, 2.45) is 0 Å². The van der Waals surface area contributed by atoms with Crippen LogP contribution < -0.4 is 5.32 Å². The second-order valence-corrected chi connectivity index (χ2v) is 6.20. The molecule has 2 aromatic rings. The summed E-state index contributed by atoms with van der Waals surface area (Å²) in [6.45, 7) is 4.22. The average molecular weight is 338 g/mol. The maximum absolute atomic E-state index is 12.4. The molecule has 0 radical (unpaired) electrons. The maximum atomic E-state index is 12.4. The zero-order chi connectivity index (χ0) is 17.6. The van der Waals surface area contributed by atoms with E-state index in [2.05, 4.69) is 10.3 Å². The van der Waals surface area contributed by atoms with Gasteiger partial charge >= 0.3 is 6.03 Å². The Balaban J connectivity index is 1.48. The van der Waals surface area contributed by atoms with Crippen LogP contribution in [-0.4, -0.2) is 52.9 Å². The molecule has 1 saturated heterocycles. The molecule has 0 spiro atoms. The van der Waals surface area contributed by atoms with Gasteiger partial charge in [0, 0.05) is 32.4 Å². The van der Waals surface area contributed by atoms with E-state index in [1.165, 1.54) is 5.56 Å². The number of nitrogens with one attached hydrogen (secondary N) is 1. The summed E-state index contributed by atoms with van der Waals surface area (Å²) >= 11 is 0. The molecule has 1 fully saturated rings. The Bertz CT molecular complexity index is 723. The predicted molar refractivity (Wildman–Crippen MR) is 96.3 cm³/mol. The fourth-order valence-corrected chi connectivity index (χ4v) is 2.79. The van der Waals surface area contributed by atoms with Crippen LogP contribution in [0.15, 0.2) is 48.8 Å². The number of amides is 3. The molecule has 0 bridgehead atoms. The fourth-order valence-electron chi connectivity index (χ4n) is 2.79. The van der Waals surface area contributed by atoms with E-state index < -0.39 is 0 Å². The SMILES string of the molecule is Cc1ccc(CC(=O)N2CCN(C(=O)Nc3cccnc3)CC2)cc1. The van der Waals surface area contributed by atoms with Gasteiger partial charge in [-0.2, -0.15) is 0 Å². The number of aromatic nitrogens is 1. The largest absolute Gasteiger partial charge is 0.339 e. The molecule has 3 rings (SSSR count). The first-order valence-corrected chi connectivity index (χ1v) is 8.41. The highest BCUT2D eigenvalue weighted by Gasteiger charge is 2.24. The minimum absolute atomic E-state index is 0.108. The zero-order valence-electron chi connectivity index (χ0n) is 14.3. The topological polar surface area (TPSA) is 65.5 Å². The van der Waals surface area contributed by atoms with Gasteiger partial charge in [0.15, 0.2) is 0 Å². The Kier molecular flexibility index (Phi) is 5.28. The van der Waals surface area contributed by atoms with E-state index in [0.717, 1.165) is 5.56 Å². The van der Waals surface area contributed by atoms with Gasteiger partial charge in [0.1, 0.15) is 0 Å². The Hall–Kier alpha value is -2.89. The van der Waals surface area contributed by atoms with Crippen molar-refractivity contribution in [2.45, 2.75) is 13.3 Å². The Morgan fingerprint density at radius 2 is 1.72 bits per heavy atom. The average Bonchev–Trinajstić information content (AvgIpc) is 2.64. The molecule has 6 nitrogen and oxygen atoms in total. The molecule has 0 unspecified atom stereocenters. The molecule has 1 aliphatic rings. The Labute approximate surface area is 147 Å². The van der Waals surface area contributed by atoms with Crippen molar-refractivity contribution in [1.29, 1.82) is 0 Å². The number of benzene rings is 1. The molecular weight excluding hydrogens is 316 g/mol. The van der Waals surface area contributed by atoms with Crippen LogP contribution in [0.5, 0.6) is 0 Å². The summed E-state index contributed by atoms with van der Waals surface area (Å²) in [5.41, 5.74) is 2.88. The van der Waals surface area contributed by atoms with Crippen LogP contribution in [0.2, 0.25) is 0 Å². The van der Waals surface area contributed by atoms with Crippen molar-refractivity contribution in [2.75, 3.05) is 31.5 Å². The first-order chi connectivity index (χ1) is 12.1. The normalized spacial score (nSPS) is 14.3. The smallest absolute Gasteiger partial charge is 0.322 e. The van der Waals surface area contributed by atoms with Crippen LogP contribution >= 0.6 is 0 Å². The van der Waals surface area contributed by atoms with Crippen molar-refractivity contribution in [3.63, 3.8) is 0 Å². The number of anilines is 1. The van der Waals surface area contributed by atoms with Gasteiger partial charge in [0.2, 0.25) is 5.91 Å². The lowest BCUT2D eigenvalue weighted by Gasteiger charge is -2.34. The molecule has 0 aliphatic carbocycles. The van der Waals surface area contributed by atoms with Crippen molar-refractivity contribution >= 4 is 17.6 Å². The number of aryl methyl sites for hydroxylation is 1. The highest BCUT2D eigenvalue weighted by atomic mass is 16.2.